The standard InChI is InChI=1S/C9H14O4/c10-9(11)6-2-1-3-8-7(6)4-12-5-13-8/h6-8H,1-5H2,(H,10,11). The Morgan fingerprint density at radius 3 is 3.00 bits per heavy atom. The summed E-state index contributed by atoms with van der Waals surface area (Å²) in [5, 5.41) is 8.97. The lowest BCUT2D eigenvalue weighted by molar-refractivity contribution is -0.198. The zero-order chi connectivity index (χ0) is 9.26. The predicted molar refractivity (Wildman–Crippen MR) is 44.2 cm³/mol. The van der Waals surface area contributed by atoms with Gasteiger partial charge in [-0.2, -0.15) is 0 Å². The molecule has 1 aliphatic carbocycles. The number of fused-ring (bicyclic) bond motifs is 1. The van der Waals surface area contributed by atoms with Crippen molar-refractivity contribution in [2.24, 2.45) is 11.8 Å². The van der Waals surface area contributed by atoms with E-state index in [9.17, 15) is 4.79 Å². The van der Waals surface area contributed by atoms with Crippen molar-refractivity contribution in [2.75, 3.05) is 13.4 Å². The highest BCUT2D eigenvalue weighted by Crippen LogP contribution is 2.34. The molecule has 13 heavy (non-hydrogen) atoms. The maximum absolute atomic E-state index is 10.9. The van der Waals surface area contributed by atoms with Gasteiger partial charge < -0.3 is 14.6 Å². The van der Waals surface area contributed by atoms with E-state index in [1.54, 1.807) is 0 Å². The Hall–Kier alpha value is -0.610. The first-order valence-corrected chi connectivity index (χ1v) is 4.71. The van der Waals surface area contributed by atoms with E-state index in [-0.39, 0.29) is 17.9 Å². The van der Waals surface area contributed by atoms with E-state index in [0.717, 1.165) is 19.3 Å². The summed E-state index contributed by atoms with van der Waals surface area (Å²) in [7, 11) is 0. The fourth-order valence-electron chi connectivity index (χ4n) is 2.28. The molecule has 2 rings (SSSR count). The average molecular weight is 186 g/mol. The minimum atomic E-state index is -0.705. The Morgan fingerprint density at radius 2 is 2.23 bits per heavy atom. The molecule has 1 aliphatic heterocycles. The Bertz CT molecular complexity index is 202. The molecule has 3 atom stereocenters. The van der Waals surface area contributed by atoms with Crippen LogP contribution in [0, 0.1) is 11.8 Å². The summed E-state index contributed by atoms with van der Waals surface area (Å²) in [6, 6.07) is 0. The van der Waals surface area contributed by atoms with Gasteiger partial charge in [0.15, 0.2) is 0 Å². The van der Waals surface area contributed by atoms with Crippen LogP contribution in [-0.2, 0) is 14.3 Å². The molecule has 1 heterocycles. The highest BCUT2D eigenvalue weighted by atomic mass is 16.7. The van der Waals surface area contributed by atoms with Crippen molar-refractivity contribution in [1.82, 2.24) is 0 Å². The molecule has 74 valence electrons. The number of aliphatic carboxylic acids is 1. The maximum atomic E-state index is 10.9. The molecule has 0 aromatic rings. The summed E-state index contributed by atoms with van der Waals surface area (Å²) in [5.74, 6) is -0.900. The molecule has 4 nitrogen and oxygen atoms in total. The van der Waals surface area contributed by atoms with Crippen LogP contribution in [0.25, 0.3) is 0 Å². The second kappa shape index (κ2) is 3.64. The zero-order valence-corrected chi connectivity index (χ0v) is 7.44. The highest BCUT2D eigenvalue weighted by Gasteiger charge is 2.40. The lowest BCUT2D eigenvalue weighted by Gasteiger charge is -2.38. The van der Waals surface area contributed by atoms with Gasteiger partial charge in [-0.3, -0.25) is 4.79 Å². The lowest BCUT2D eigenvalue weighted by Crippen LogP contribution is -2.44. The van der Waals surface area contributed by atoms with E-state index in [0.29, 0.717) is 13.4 Å². The number of carbonyl (C=O) groups is 1. The summed E-state index contributed by atoms with van der Waals surface area (Å²) < 4.78 is 10.5. The maximum Gasteiger partial charge on any atom is 0.306 e. The molecule has 1 saturated carbocycles. The Kier molecular flexibility index (Phi) is 2.51. The van der Waals surface area contributed by atoms with Crippen LogP contribution in [0.5, 0.6) is 0 Å². The zero-order valence-electron chi connectivity index (χ0n) is 7.44. The van der Waals surface area contributed by atoms with Gasteiger partial charge in [0.05, 0.1) is 18.6 Å². The molecule has 0 aromatic carbocycles. The lowest BCUT2D eigenvalue weighted by atomic mass is 9.77. The Labute approximate surface area is 76.8 Å². The van der Waals surface area contributed by atoms with Gasteiger partial charge in [-0.15, -0.1) is 0 Å². The Morgan fingerprint density at radius 1 is 1.38 bits per heavy atom. The summed E-state index contributed by atoms with van der Waals surface area (Å²) in [4.78, 5) is 10.9. The molecular formula is C9H14O4. The van der Waals surface area contributed by atoms with Crippen molar-refractivity contribution in [1.29, 1.82) is 0 Å². The molecule has 0 aromatic heterocycles. The van der Waals surface area contributed by atoms with Crippen molar-refractivity contribution < 1.29 is 19.4 Å². The molecule has 0 bridgehead atoms. The minimum Gasteiger partial charge on any atom is -0.481 e. The number of rotatable bonds is 1. The van der Waals surface area contributed by atoms with Gasteiger partial charge in [-0.25, -0.2) is 0 Å². The molecule has 2 fully saturated rings. The number of ether oxygens (including phenoxy) is 2. The molecule has 0 radical (unpaired) electrons. The first-order valence-electron chi connectivity index (χ1n) is 4.71. The van der Waals surface area contributed by atoms with Crippen LogP contribution in [0.2, 0.25) is 0 Å². The van der Waals surface area contributed by atoms with E-state index in [2.05, 4.69) is 0 Å². The van der Waals surface area contributed by atoms with Crippen LogP contribution in [0.15, 0.2) is 0 Å². The SMILES string of the molecule is O=C(O)C1CCCC2OCOCC21. The molecule has 2 aliphatic rings. The van der Waals surface area contributed by atoms with Crippen LogP contribution < -0.4 is 0 Å². The third kappa shape index (κ3) is 1.69. The minimum absolute atomic E-state index is 0.0694. The normalized spacial score (nSPS) is 39.5. The molecule has 1 N–H and O–H groups in total. The van der Waals surface area contributed by atoms with Crippen LogP contribution in [0.4, 0.5) is 0 Å². The van der Waals surface area contributed by atoms with Gasteiger partial charge in [0, 0.05) is 5.92 Å². The number of carboxylic acids is 1. The van der Waals surface area contributed by atoms with Gasteiger partial charge in [-0.1, -0.05) is 0 Å². The van der Waals surface area contributed by atoms with Crippen molar-refractivity contribution in [3.05, 3.63) is 0 Å². The van der Waals surface area contributed by atoms with Crippen molar-refractivity contribution in [3.8, 4) is 0 Å². The molecule has 0 amide bonds. The van der Waals surface area contributed by atoms with Crippen molar-refractivity contribution in [2.45, 2.75) is 25.4 Å². The smallest absolute Gasteiger partial charge is 0.306 e. The second-order valence-electron chi connectivity index (χ2n) is 3.73. The quantitative estimate of drug-likeness (QED) is 0.660. The monoisotopic (exact) mass is 186 g/mol. The molecular weight excluding hydrogens is 172 g/mol. The van der Waals surface area contributed by atoms with Gasteiger partial charge in [-0.05, 0) is 19.3 Å². The fourth-order valence-corrected chi connectivity index (χ4v) is 2.28. The van der Waals surface area contributed by atoms with E-state index in [1.165, 1.54) is 0 Å². The third-order valence-corrected chi connectivity index (χ3v) is 2.99. The topological polar surface area (TPSA) is 55.8 Å². The third-order valence-electron chi connectivity index (χ3n) is 2.99. The summed E-state index contributed by atoms with van der Waals surface area (Å²) in [5.41, 5.74) is 0. The number of hydrogen-bond acceptors (Lipinski definition) is 3. The largest absolute Gasteiger partial charge is 0.481 e. The van der Waals surface area contributed by atoms with Gasteiger partial charge in [0.1, 0.15) is 6.79 Å². The summed E-state index contributed by atoms with van der Waals surface area (Å²) in [6.07, 6.45) is 2.82. The van der Waals surface area contributed by atoms with Crippen LogP contribution in [0.3, 0.4) is 0 Å². The van der Waals surface area contributed by atoms with Crippen LogP contribution in [-0.4, -0.2) is 30.6 Å². The van der Waals surface area contributed by atoms with Crippen LogP contribution >= 0.6 is 0 Å². The molecule has 1 saturated heterocycles. The predicted octanol–water partition coefficient (Wildman–Crippen LogP) is 0.860. The van der Waals surface area contributed by atoms with Gasteiger partial charge >= 0.3 is 5.97 Å². The summed E-state index contributed by atoms with van der Waals surface area (Å²) in [6.45, 7) is 0.870. The number of hydrogen-bond donors (Lipinski definition) is 1. The first-order chi connectivity index (χ1) is 6.29. The average Bonchev–Trinajstić information content (AvgIpc) is 2.17. The Balaban J connectivity index is 2.06. The van der Waals surface area contributed by atoms with E-state index in [4.69, 9.17) is 14.6 Å². The van der Waals surface area contributed by atoms with E-state index >= 15 is 0 Å². The van der Waals surface area contributed by atoms with Crippen molar-refractivity contribution >= 4 is 5.97 Å². The molecule has 0 spiro atoms. The van der Waals surface area contributed by atoms with Gasteiger partial charge in [0.2, 0.25) is 0 Å². The number of carboxylic acid groups (broad SMARTS) is 1. The van der Waals surface area contributed by atoms with Gasteiger partial charge in [0.25, 0.3) is 0 Å². The van der Waals surface area contributed by atoms with E-state index < -0.39 is 5.97 Å². The molecule has 3 unspecified atom stereocenters. The van der Waals surface area contributed by atoms with Crippen molar-refractivity contribution in [3.63, 3.8) is 0 Å². The highest BCUT2D eigenvalue weighted by molar-refractivity contribution is 5.70. The summed E-state index contributed by atoms with van der Waals surface area (Å²) >= 11 is 0. The first kappa shape index (κ1) is 8.97. The van der Waals surface area contributed by atoms with E-state index in [1.807, 2.05) is 0 Å². The van der Waals surface area contributed by atoms with Crippen LogP contribution in [0.1, 0.15) is 19.3 Å². The fraction of sp³-hybridized carbons (Fsp3) is 0.889. The second-order valence-corrected chi connectivity index (χ2v) is 3.73. The molecule has 4 heteroatoms.